The highest BCUT2D eigenvalue weighted by Crippen LogP contribution is 2.31. The molecule has 19 heavy (non-hydrogen) atoms. The van der Waals surface area contributed by atoms with Gasteiger partial charge >= 0.3 is 11.9 Å². The molecule has 1 aromatic carbocycles. The van der Waals surface area contributed by atoms with Crippen LogP contribution in [0.15, 0.2) is 18.2 Å². The second kappa shape index (κ2) is 5.85. The molecule has 2 rings (SSSR count). The van der Waals surface area contributed by atoms with Crippen LogP contribution in [-0.2, 0) is 16.0 Å². The number of carboxylic acid groups (broad SMARTS) is 2. The first-order valence-electron chi connectivity index (χ1n) is 5.37. The van der Waals surface area contributed by atoms with Crippen LogP contribution in [0, 0.1) is 0 Å². The van der Waals surface area contributed by atoms with Crippen molar-refractivity contribution in [3.63, 3.8) is 0 Å². The molecular formula is C12H13NO6. The maximum absolute atomic E-state index is 11.0. The van der Waals surface area contributed by atoms with Crippen molar-refractivity contribution < 1.29 is 29.3 Å². The number of nitrogens with two attached hydrogens (primary N) is 1. The molecule has 0 radical (unpaired) electrons. The molecule has 7 nitrogen and oxygen atoms in total. The van der Waals surface area contributed by atoms with Gasteiger partial charge in [-0.2, -0.15) is 0 Å². The first kappa shape index (κ1) is 14.5. The summed E-state index contributed by atoms with van der Waals surface area (Å²) in [7, 11) is 0. The Morgan fingerprint density at radius 2 is 1.84 bits per heavy atom. The smallest absolute Gasteiger partial charge is 0.414 e. The third-order valence-corrected chi connectivity index (χ3v) is 2.37. The number of carbonyl (C=O) groups is 3. The molecule has 0 aromatic heterocycles. The van der Waals surface area contributed by atoms with Gasteiger partial charge in [0.15, 0.2) is 0 Å². The number of carboxylic acids is 2. The lowest BCUT2D eigenvalue weighted by Crippen LogP contribution is -2.13. The quantitative estimate of drug-likeness (QED) is 0.626. The third-order valence-electron chi connectivity index (χ3n) is 2.37. The zero-order chi connectivity index (χ0) is 14.6. The summed E-state index contributed by atoms with van der Waals surface area (Å²) in [5.74, 6) is -3.40. The predicted molar refractivity (Wildman–Crippen MR) is 64.0 cm³/mol. The number of benzene rings is 1. The first-order valence-corrected chi connectivity index (χ1v) is 5.37. The topological polar surface area (TPSA) is 127 Å². The van der Waals surface area contributed by atoms with Crippen LogP contribution in [0.5, 0.6) is 5.75 Å². The van der Waals surface area contributed by atoms with E-state index in [1.807, 2.05) is 19.1 Å². The molecule has 0 aliphatic carbocycles. The molecule has 7 heteroatoms. The molecule has 1 aliphatic heterocycles. The van der Waals surface area contributed by atoms with Crippen LogP contribution in [0.1, 0.15) is 22.8 Å². The minimum absolute atomic E-state index is 0.149. The van der Waals surface area contributed by atoms with E-state index >= 15 is 0 Å². The van der Waals surface area contributed by atoms with Crippen LogP contribution in [0.4, 0.5) is 0 Å². The molecule has 0 spiro atoms. The number of hydrogen-bond acceptors (Lipinski definition) is 4. The molecule has 1 atom stereocenters. The van der Waals surface area contributed by atoms with Crippen molar-refractivity contribution in [3.8, 4) is 5.75 Å². The van der Waals surface area contributed by atoms with Crippen LogP contribution < -0.4 is 10.5 Å². The highest BCUT2D eigenvalue weighted by Gasteiger charge is 2.23. The number of primary amides is 1. The molecule has 0 bridgehead atoms. The SMILES string of the molecule is CC1Cc2cccc(C(N)=O)c2O1.O=C(O)C(=O)O. The average Bonchev–Trinajstić information content (AvgIpc) is 2.68. The fraction of sp³-hybridized carbons (Fsp3) is 0.250. The molecule has 0 saturated heterocycles. The summed E-state index contributed by atoms with van der Waals surface area (Å²) in [5, 5.41) is 14.8. The largest absolute Gasteiger partial charge is 0.489 e. The van der Waals surface area contributed by atoms with Gasteiger partial charge in [0.25, 0.3) is 5.91 Å². The normalized spacial score (nSPS) is 15.5. The van der Waals surface area contributed by atoms with Gasteiger partial charge in [-0.15, -0.1) is 0 Å². The van der Waals surface area contributed by atoms with Crippen molar-refractivity contribution in [2.24, 2.45) is 5.73 Å². The van der Waals surface area contributed by atoms with Crippen molar-refractivity contribution in [1.29, 1.82) is 0 Å². The Labute approximate surface area is 108 Å². The number of aliphatic carboxylic acids is 2. The zero-order valence-corrected chi connectivity index (χ0v) is 10.1. The molecule has 1 unspecified atom stereocenters. The molecule has 1 aliphatic rings. The van der Waals surface area contributed by atoms with Crippen molar-refractivity contribution in [2.75, 3.05) is 0 Å². The number of amides is 1. The number of carbonyl (C=O) groups excluding carboxylic acids is 1. The van der Waals surface area contributed by atoms with Gasteiger partial charge in [-0.25, -0.2) is 9.59 Å². The van der Waals surface area contributed by atoms with E-state index in [2.05, 4.69) is 0 Å². The number of ether oxygens (including phenoxy) is 1. The maximum atomic E-state index is 11.0. The van der Waals surface area contributed by atoms with E-state index in [4.69, 9.17) is 30.3 Å². The van der Waals surface area contributed by atoms with Gasteiger partial charge in [0.1, 0.15) is 11.9 Å². The van der Waals surface area contributed by atoms with Crippen LogP contribution in [0.25, 0.3) is 0 Å². The number of para-hydroxylation sites is 1. The van der Waals surface area contributed by atoms with Gasteiger partial charge in [0.2, 0.25) is 0 Å². The monoisotopic (exact) mass is 267 g/mol. The lowest BCUT2D eigenvalue weighted by molar-refractivity contribution is -0.159. The predicted octanol–water partition coefficient (Wildman–Crippen LogP) is 0.264. The summed E-state index contributed by atoms with van der Waals surface area (Å²) in [5.41, 5.74) is 6.77. The fourth-order valence-electron chi connectivity index (χ4n) is 1.63. The number of hydrogen-bond donors (Lipinski definition) is 3. The van der Waals surface area contributed by atoms with Gasteiger partial charge in [-0.1, -0.05) is 12.1 Å². The van der Waals surface area contributed by atoms with Crippen molar-refractivity contribution in [3.05, 3.63) is 29.3 Å². The highest BCUT2D eigenvalue weighted by molar-refractivity contribution is 6.27. The number of rotatable bonds is 1. The number of fused-ring (bicyclic) bond motifs is 1. The van der Waals surface area contributed by atoms with E-state index in [0.717, 1.165) is 12.0 Å². The maximum Gasteiger partial charge on any atom is 0.414 e. The standard InChI is InChI=1S/C10H11NO2.C2H2O4/c1-6-5-7-3-2-4-8(10(11)12)9(7)13-6;3-1(4)2(5)6/h2-4,6H,5H2,1H3,(H2,11,12);(H,3,4)(H,5,6). The molecule has 1 amide bonds. The summed E-state index contributed by atoms with van der Waals surface area (Å²) >= 11 is 0. The summed E-state index contributed by atoms with van der Waals surface area (Å²) in [4.78, 5) is 29.2. The second-order valence-corrected chi connectivity index (χ2v) is 3.90. The average molecular weight is 267 g/mol. The van der Waals surface area contributed by atoms with E-state index < -0.39 is 17.8 Å². The van der Waals surface area contributed by atoms with E-state index in [-0.39, 0.29) is 6.10 Å². The summed E-state index contributed by atoms with van der Waals surface area (Å²) in [6.45, 7) is 1.98. The van der Waals surface area contributed by atoms with Crippen molar-refractivity contribution in [1.82, 2.24) is 0 Å². The third kappa shape index (κ3) is 3.70. The molecule has 102 valence electrons. The molecule has 0 fully saturated rings. The summed E-state index contributed by atoms with van der Waals surface area (Å²) in [6, 6.07) is 5.49. The van der Waals surface area contributed by atoms with E-state index in [1.54, 1.807) is 6.07 Å². The Kier molecular flexibility index (Phi) is 4.46. The van der Waals surface area contributed by atoms with E-state index in [9.17, 15) is 4.79 Å². The Bertz CT molecular complexity index is 513. The Morgan fingerprint density at radius 1 is 1.26 bits per heavy atom. The van der Waals surface area contributed by atoms with Gasteiger partial charge < -0.3 is 20.7 Å². The molecule has 0 saturated carbocycles. The summed E-state index contributed by atoms with van der Waals surface area (Å²) < 4.78 is 5.50. The minimum Gasteiger partial charge on any atom is -0.489 e. The van der Waals surface area contributed by atoms with Gasteiger partial charge in [0, 0.05) is 6.42 Å². The molecule has 1 aromatic rings. The Hall–Kier alpha value is -2.57. The fourth-order valence-corrected chi connectivity index (χ4v) is 1.63. The van der Waals surface area contributed by atoms with Crippen LogP contribution in [0.3, 0.4) is 0 Å². The lowest BCUT2D eigenvalue weighted by atomic mass is 10.1. The lowest BCUT2D eigenvalue weighted by Gasteiger charge is -2.05. The first-order chi connectivity index (χ1) is 8.82. The van der Waals surface area contributed by atoms with Crippen LogP contribution >= 0.6 is 0 Å². The van der Waals surface area contributed by atoms with Gasteiger partial charge in [-0.3, -0.25) is 4.79 Å². The zero-order valence-electron chi connectivity index (χ0n) is 10.1. The van der Waals surface area contributed by atoms with E-state index in [1.165, 1.54) is 0 Å². The van der Waals surface area contributed by atoms with Gasteiger partial charge in [-0.05, 0) is 18.6 Å². The second-order valence-electron chi connectivity index (χ2n) is 3.90. The van der Waals surface area contributed by atoms with Crippen molar-refractivity contribution in [2.45, 2.75) is 19.4 Å². The molecular weight excluding hydrogens is 254 g/mol. The summed E-state index contributed by atoms with van der Waals surface area (Å²) in [6.07, 6.45) is 1.01. The van der Waals surface area contributed by atoms with Crippen LogP contribution in [0.2, 0.25) is 0 Å². The molecule has 1 heterocycles. The van der Waals surface area contributed by atoms with Crippen LogP contribution in [-0.4, -0.2) is 34.2 Å². The minimum atomic E-state index is -1.82. The van der Waals surface area contributed by atoms with Crippen molar-refractivity contribution >= 4 is 17.8 Å². The molecule has 4 N–H and O–H groups in total. The van der Waals surface area contributed by atoms with E-state index in [0.29, 0.717) is 11.3 Å². The Morgan fingerprint density at radius 3 is 2.32 bits per heavy atom. The van der Waals surface area contributed by atoms with Gasteiger partial charge in [0.05, 0.1) is 5.56 Å². The Balaban J connectivity index is 0.000000258. The highest BCUT2D eigenvalue weighted by atomic mass is 16.5.